The number of rotatable bonds is 3. The molecule has 1 amide bonds. The number of ether oxygens (including phenoxy) is 1. The quantitative estimate of drug-likeness (QED) is 0.933. The van der Waals surface area contributed by atoms with Crippen LogP contribution in [-0.2, 0) is 16.0 Å². The molecule has 1 aromatic rings. The van der Waals surface area contributed by atoms with E-state index in [0.29, 0.717) is 6.54 Å². The Balaban J connectivity index is 1.69. The number of piperidine rings is 1. The standard InChI is InChI=1S/C18H26N2O2/c1-3-14-7-5-6-8-15(14)20-11-9-18(10-12-20)13-19-17(21)16(4-2)22-18/h5-8,16H,3-4,9-13H2,1-2H3,(H,19,21). The van der Waals surface area contributed by atoms with Crippen LogP contribution in [-0.4, -0.2) is 37.2 Å². The molecule has 4 nitrogen and oxygen atoms in total. The first-order chi connectivity index (χ1) is 10.7. The highest BCUT2D eigenvalue weighted by molar-refractivity contribution is 5.81. The van der Waals surface area contributed by atoms with Gasteiger partial charge in [-0.05, 0) is 37.3 Å². The average molecular weight is 302 g/mol. The fourth-order valence-corrected chi connectivity index (χ4v) is 3.60. The van der Waals surface area contributed by atoms with Gasteiger partial charge in [-0.2, -0.15) is 0 Å². The van der Waals surface area contributed by atoms with Crippen molar-refractivity contribution in [1.82, 2.24) is 5.32 Å². The SMILES string of the molecule is CCc1ccccc1N1CCC2(CC1)CNC(=O)C(CC)O2. The Bertz CT molecular complexity index is 536. The zero-order valence-corrected chi connectivity index (χ0v) is 13.6. The molecule has 1 spiro atoms. The summed E-state index contributed by atoms with van der Waals surface area (Å²) >= 11 is 0. The van der Waals surface area contributed by atoms with E-state index in [1.54, 1.807) is 0 Å². The van der Waals surface area contributed by atoms with Crippen LogP contribution in [0.5, 0.6) is 0 Å². The third-order valence-corrected chi connectivity index (χ3v) is 5.03. The van der Waals surface area contributed by atoms with Gasteiger partial charge in [-0.3, -0.25) is 4.79 Å². The van der Waals surface area contributed by atoms with E-state index in [2.05, 4.69) is 41.4 Å². The Morgan fingerprint density at radius 1 is 1.27 bits per heavy atom. The maximum absolute atomic E-state index is 11.8. The number of aryl methyl sites for hydroxylation is 1. The Labute approximate surface area is 132 Å². The predicted octanol–water partition coefficient (Wildman–Crippen LogP) is 2.51. The van der Waals surface area contributed by atoms with Crippen molar-refractivity contribution in [3.8, 4) is 0 Å². The Morgan fingerprint density at radius 2 is 2.00 bits per heavy atom. The van der Waals surface area contributed by atoms with Gasteiger partial charge in [-0.1, -0.05) is 32.0 Å². The van der Waals surface area contributed by atoms with Gasteiger partial charge in [0.1, 0.15) is 6.10 Å². The topological polar surface area (TPSA) is 41.6 Å². The number of nitrogens with zero attached hydrogens (tertiary/aromatic N) is 1. The number of benzene rings is 1. The molecule has 22 heavy (non-hydrogen) atoms. The summed E-state index contributed by atoms with van der Waals surface area (Å²) in [6.07, 6.45) is 3.48. The summed E-state index contributed by atoms with van der Waals surface area (Å²) in [5, 5.41) is 3.04. The molecule has 2 aliphatic heterocycles. The zero-order valence-electron chi connectivity index (χ0n) is 13.6. The fraction of sp³-hybridized carbons (Fsp3) is 0.611. The van der Waals surface area contributed by atoms with Gasteiger partial charge in [0.15, 0.2) is 0 Å². The summed E-state index contributed by atoms with van der Waals surface area (Å²) in [5.74, 6) is 0.0480. The lowest BCUT2D eigenvalue weighted by atomic mass is 9.88. The lowest BCUT2D eigenvalue weighted by Gasteiger charge is -2.46. The number of para-hydroxylation sites is 1. The molecular weight excluding hydrogens is 276 g/mol. The predicted molar refractivity (Wildman–Crippen MR) is 88.2 cm³/mol. The first-order valence-electron chi connectivity index (χ1n) is 8.46. The van der Waals surface area contributed by atoms with Crippen molar-refractivity contribution in [2.75, 3.05) is 24.5 Å². The van der Waals surface area contributed by atoms with Crippen LogP contribution in [0.3, 0.4) is 0 Å². The molecule has 0 aromatic heterocycles. The number of morpholine rings is 1. The number of nitrogens with one attached hydrogen (secondary N) is 1. The highest BCUT2D eigenvalue weighted by atomic mass is 16.5. The average Bonchev–Trinajstić information content (AvgIpc) is 2.58. The van der Waals surface area contributed by atoms with Gasteiger partial charge >= 0.3 is 0 Å². The minimum absolute atomic E-state index is 0.0480. The van der Waals surface area contributed by atoms with Crippen LogP contribution in [0, 0.1) is 0 Å². The molecule has 0 radical (unpaired) electrons. The van der Waals surface area contributed by atoms with E-state index in [-0.39, 0.29) is 17.6 Å². The van der Waals surface area contributed by atoms with Gasteiger partial charge < -0.3 is 15.0 Å². The second-order valence-electron chi connectivity index (χ2n) is 6.38. The highest BCUT2D eigenvalue weighted by Gasteiger charge is 2.42. The number of carbonyl (C=O) groups is 1. The lowest BCUT2D eigenvalue weighted by Crippen LogP contribution is -2.60. The summed E-state index contributed by atoms with van der Waals surface area (Å²) in [4.78, 5) is 14.2. The molecule has 0 aliphatic carbocycles. The van der Waals surface area contributed by atoms with Crippen LogP contribution in [0.15, 0.2) is 24.3 Å². The van der Waals surface area contributed by atoms with Crippen molar-refractivity contribution >= 4 is 11.6 Å². The summed E-state index contributed by atoms with van der Waals surface area (Å²) in [6, 6.07) is 8.65. The maximum Gasteiger partial charge on any atom is 0.249 e. The van der Waals surface area contributed by atoms with Crippen LogP contribution < -0.4 is 10.2 Å². The van der Waals surface area contributed by atoms with E-state index in [9.17, 15) is 4.79 Å². The van der Waals surface area contributed by atoms with Crippen LogP contribution in [0.1, 0.15) is 38.7 Å². The molecule has 1 atom stereocenters. The van der Waals surface area contributed by atoms with Crippen molar-refractivity contribution in [3.63, 3.8) is 0 Å². The molecule has 1 unspecified atom stereocenters. The largest absolute Gasteiger partial charge is 0.371 e. The number of hydrogen-bond donors (Lipinski definition) is 1. The number of amides is 1. The van der Waals surface area contributed by atoms with E-state index >= 15 is 0 Å². The van der Waals surface area contributed by atoms with Gasteiger partial charge in [-0.15, -0.1) is 0 Å². The second-order valence-corrected chi connectivity index (χ2v) is 6.38. The van der Waals surface area contributed by atoms with Crippen LogP contribution >= 0.6 is 0 Å². The van der Waals surface area contributed by atoms with Crippen molar-refractivity contribution in [2.45, 2.75) is 51.2 Å². The monoisotopic (exact) mass is 302 g/mol. The van der Waals surface area contributed by atoms with Crippen molar-refractivity contribution in [1.29, 1.82) is 0 Å². The van der Waals surface area contributed by atoms with Gasteiger partial charge in [-0.25, -0.2) is 0 Å². The third kappa shape index (κ3) is 2.84. The number of carbonyl (C=O) groups excluding carboxylic acids is 1. The second kappa shape index (κ2) is 6.29. The van der Waals surface area contributed by atoms with Gasteiger partial charge in [0.25, 0.3) is 0 Å². The first-order valence-corrected chi connectivity index (χ1v) is 8.46. The van der Waals surface area contributed by atoms with Crippen molar-refractivity contribution < 1.29 is 9.53 Å². The van der Waals surface area contributed by atoms with Gasteiger partial charge in [0.05, 0.1) is 5.60 Å². The maximum atomic E-state index is 11.8. The number of anilines is 1. The minimum Gasteiger partial charge on any atom is -0.371 e. The molecule has 4 heteroatoms. The van der Waals surface area contributed by atoms with E-state index in [4.69, 9.17) is 4.74 Å². The molecule has 2 aliphatic rings. The van der Waals surface area contributed by atoms with Crippen LogP contribution in [0.4, 0.5) is 5.69 Å². The molecule has 0 saturated carbocycles. The molecule has 2 saturated heterocycles. The summed E-state index contributed by atoms with van der Waals surface area (Å²) in [7, 11) is 0. The van der Waals surface area contributed by atoms with E-state index < -0.39 is 0 Å². The smallest absolute Gasteiger partial charge is 0.249 e. The van der Waals surface area contributed by atoms with E-state index in [0.717, 1.165) is 38.8 Å². The first kappa shape index (κ1) is 15.3. The van der Waals surface area contributed by atoms with Crippen molar-refractivity contribution in [3.05, 3.63) is 29.8 Å². The number of hydrogen-bond acceptors (Lipinski definition) is 3. The zero-order chi connectivity index (χ0) is 15.6. The van der Waals surface area contributed by atoms with Crippen LogP contribution in [0.25, 0.3) is 0 Å². The molecule has 0 bridgehead atoms. The molecule has 2 fully saturated rings. The highest BCUT2D eigenvalue weighted by Crippen LogP contribution is 2.33. The Morgan fingerprint density at radius 3 is 2.68 bits per heavy atom. The molecule has 3 rings (SSSR count). The van der Waals surface area contributed by atoms with E-state index in [1.807, 2.05) is 6.92 Å². The summed E-state index contributed by atoms with van der Waals surface area (Å²) in [5.41, 5.74) is 2.60. The Hall–Kier alpha value is -1.55. The van der Waals surface area contributed by atoms with Gasteiger partial charge in [0.2, 0.25) is 5.91 Å². The van der Waals surface area contributed by atoms with Crippen molar-refractivity contribution in [2.24, 2.45) is 0 Å². The normalized spacial score (nSPS) is 24.4. The molecule has 120 valence electrons. The lowest BCUT2D eigenvalue weighted by molar-refractivity contribution is -0.165. The van der Waals surface area contributed by atoms with Gasteiger partial charge in [0, 0.05) is 25.3 Å². The fourth-order valence-electron chi connectivity index (χ4n) is 3.60. The molecule has 1 aromatic carbocycles. The van der Waals surface area contributed by atoms with E-state index in [1.165, 1.54) is 11.3 Å². The minimum atomic E-state index is -0.275. The van der Waals surface area contributed by atoms with Crippen LogP contribution in [0.2, 0.25) is 0 Å². The molecule has 2 heterocycles. The summed E-state index contributed by atoms with van der Waals surface area (Å²) in [6.45, 7) is 6.85. The molecule has 1 N–H and O–H groups in total. The third-order valence-electron chi connectivity index (χ3n) is 5.03. The Kier molecular flexibility index (Phi) is 4.39. The summed E-state index contributed by atoms with van der Waals surface area (Å²) < 4.78 is 6.18. The molecular formula is C18H26N2O2.